The number of hydrogen-bond donors (Lipinski definition) is 0. The number of fused-ring (bicyclic) bond motifs is 8. The smallest absolute Gasteiger partial charge is 0.318 e. The van der Waals surface area contributed by atoms with Crippen LogP contribution in [0.2, 0.25) is 0 Å². The maximum absolute atomic E-state index is 12.4. The molecule has 0 radical (unpaired) electrons. The lowest BCUT2D eigenvalue weighted by Crippen LogP contribution is -2.48. The summed E-state index contributed by atoms with van der Waals surface area (Å²) in [5, 5.41) is 0. The predicted octanol–water partition coefficient (Wildman–Crippen LogP) is 0.853. The van der Waals surface area contributed by atoms with Gasteiger partial charge in [0.25, 0.3) is 0 Å². The Labute approximate surface area is 115 Å². The van der Waals surface area contributed by atoms with Gasteiger partial charge in [0.15, 0.2) is 0 Å². The van der Waals surface area contributed by atoms with Gasteiger partial charge in [-0.1, -0.05) is 24.3 Å². The van der Waals surface area contributed by atoms with Gasteiger partial charge in [-0.15, -0.1) is 0 Å². The molecule has 5 heteroatoms. The number of allylic oxidation sites excluding steroid dienone is 4. The minimum absolute atomic E-state index is 0.00995. The van der Waals surface area contributed by atoms with Crippen molar-refractivity contribution < 1.29 is 23.9 Å². The molecule has 6 atom stereocenters. The molecule has 1 heterocycles. The first kappa shape index (κ1) is 11.9. The average Bonchev–Trinajstić information content (AvgIpc) is 3.07. The molecule has 3 fully saturated rings. The number of methoxy groups -OCH3 is 1. The number of esters is 3. The first-order valence-electron chi connectivity index (χ1n) is 6.80. The van der Waals surface area contributed by atoms with Crippen LogP contribution < -0.4 is 0 Å². The number of carbonyl (C=O) groups is 3. The van der Waals surface area contributed by atoms with Gasteiger partial charge in [-0.2, -0.15) is 0 Å². The fraction of sp³-hybridized carbons (Fsp3) is 0.533. The van der Waals surface area contributed by atoms with E-state index in [-0.39, 0.29) is 17.8 Å². The summed E-state index contributed by atoms with van der Waals surface area (Å²) in [5.41, 5.74) is -0.931. The number of hydrogen-bond acceptors (Lipinski definition) is 5. The Balaban J connectivity index is 1.90. The van der Waals surface area contributed by atoms with Crippen LogP contribution in [-0.4, -0.2) is 25.0 Å². The standard InChI is InChI=1S/C15H14O5/c1-19-14(18)15-6-8(7-4-2-3-5-9(7)15)10-11(15)13(17)20-12(10)16/h2-5,7-11H,6H2,1H3/t7-,8-,9-,10-,11-,15-/m0/s1. The van der Waals surface area contributed by atoms with Crippen LogP contribution in [0.3, 0.4) is 0 Å². The molecule has 4 rings (SSSR count). The highest BCUT2D eigenvalue weighted by Gasteiger charge is 2.76. The van der Waals surface area contributed by atoms with Crippen molar-refractivity contribution in [2.45, 2.75) is 6.42 Å². The van der Waals surface area contributed by atoms with Crippen LogP contribution >= 0.6 is 0 Å². The first-order chi connectivity index (χ1) is 9.61. The number of rotatable bonds is 1. The van der Waals surface area contributed by atoms with E-state index in [0.29, 0.717) is 6.42 Å². The van der Waals surface area contributed by atoms with E-state index >= 15 is 0 Å². The largest absolute Gasteiger partial charge is 0.469 e. The molecule has 0 spiro atoms. The lowest BCUT2D eigenvalue weighted by Gasteiger charge is -2.39. The molecule has 20 heavy (non-hydrogen) atoms. The fourth-order valence-electron chi connectivity index (χ4n) is 4.91. The van der Waals surface area contributed by atoms with Gasteiger partial charge >= 0.3 is 17.9 Å². The molecule has 0 amide bonds. The van der Waals surface area contributed by atoms with Crippen molar-refractivity contribution in [1.82, 2.24) is 0 Å². The van der Waals surface area contributed by atoms with Crippen molar-refractivity contribution in [2.24, 2.45) is 35.0 Å². The molecule has 104 valence electrons. The second-order valence-corrected chi connectivity index (χ2v) is 6.02. The summed E-state index contributed by atoms with van der Waals surface area (Å²) in [6, 6.07) is 0. The molecule has 0 aromatic rings. The molecule has 5 nitrogen and oxygen atoms in total. The van der Waals surface area contributed by atoms with Gasteiger partial charge in [0.1, 0.15) is 0 Å². The van der Waals surface area contributed by atoms with Crippen LogP contribution in [0.15, 0.2) is 24.3 Å². The van der Waals surface area contributed by atoms with Crippen molar-refractivity contribution >= 4 is 17.9 Å². The van der Waals surface area contributed by atoms with E-state index in [1.165, 1.54) is 7.11 Å². The quantitative estimate of drug-likeness (QED) is 0.524. The van der Waals surface area contributed by atoms with E-state index in [1.807, 2.05) is 24.3 Å². The summed E-state index contributed by atoms with van der Waals surface area (Å²) in [7, 11) is 1.33. The summed E-state index contributed by atoms with van der Waals surface area (Å²) in [6.45, 7) is 0. The maximum Gasteiger partial charge on any atom is 0.318 e. The van der Waals surface area contributed by atoms with Crippen molar-refractivity contribution in [2.75, 3.05) is 7.11 Å². The summed E-state index contributed by atoms with van der Waals surface area (Å²) >= 11 is 0. The molecule has 0 unspecified atom stereocenters. The van der Waals surface area contributed by atoms with Gasteiger partial charge in [0.05, 0.1) is 24.4 Å². The van der Waals surface area contributed by atoms with Crippen LogP contribution in [0.1, 0.15) is 6.42 Å². The molecule has 0 aromatic heterocycles. The van der Waals surface area contributed by atoms with Gasteiger partial charge in [-0.3, -0.25) is 14.4 Å². The zero-order valence-electron chi connectivity index (χ0n) is 10.9. The van der Waals surface area contributed by atoms with E-state index < -0.39 is 35.2 Å². The summed E-state index contributed by atoms with van der Waals surface area (Å²) < 4.78 is 9.78. The molecule has 4 aliphatic rings. The third kappa shape index (κ3) is 1.09. The van der Waals surface area contributed by atoms with E-state index in [1.54, 1.807) is 0 Å². The summed E-state index contributed by atoms with van der Waals surface area (Å²) in [4.78, 5) is 36.5. The van der Waals surface area contributed by atoms with Crippen molar-refractivity contribution in [3.63, 3.8) is 0 Å². The van der Waals surface area contributed by atoms with Gasteiger partial charge in [-0.25, -0.2) is 0 Å². The third-order valence-corrected chi connectivity index (χ3v) is 5.51. The minimum atomic E-state index is -0.931. The predicted molar refractivity (Wildman–Crippen MR) is 65.9 cm³/mol. The highest BCUT2D eigenvalue weighted by molar-refractivity contribution is 6.02. The molecule has 0 N–H and O–H groups in total. The van der Waals surface area contributed by atoms with E-state index in [2.05, 4.69) is 0 Å². The Hall–Kier alpha value is -1.91. The van der Waals surface area contributed by atoms with Crippen molar-refractivity contribution in [3.8, 4) is 0 Å². The molecule has 1 saturated heterocycles. The first-order valence-corrected chi connectivity index (χ1v) is 6.80. The van der Waals surface area contributed by atoms with Crippen LogP contribution in [-0.2, 0) is 23.9 Å². The Morgan fingerprint density at radius 1 is 1.30 bits per heavy atom. The molecule has 1 aliphatic heterocycles. The Kier molecular flexibility index (Phi) is 2.13. The zero-order valence-corrected chi connectivity index (χ0v) is 10.9. The molecule has 2 bridgehead atoms. The number of cyclic esters (lactones) is 2. The van der Waals surface area contributed by atoms with Gasteiger partial charge < -0.3 is 9.47 Å². The number of carbonyl (C=O) groups excluding carboxylic acids is 3. The van der Waals surface area contributed by atoms with E-state index in [0.717, 1.165) is 0 Å². The Morgan fingerprint density at radius 2 is 2.05 bits per heavy atom. The molecular formula is C15H14O5. The minimum Gasteiger partial charge on any atom is -0.469 e. The van der Waals surface area contributed by atoms with Gasteiger partial charge in [0, 0.05) is 5.92 Å². The highest BCUT2D eigenvalue weighted by Crippen LogP contribution is 2.69. The second-order valence-electron chi connectivity index (χ2n) is 6.02. The van der Waals surface area contributed by atoms with Crippen molar-refractivity contribution in [3.05, 3.63) is 24.3 Å². The average molecular weight is 274 g/mol. The molecule has 2 saturated carbocycles. The zero-order chi connectivity index (χ0) is 14.1. The van der Waals surface area contributed by atoms with Gasteiger partial charge in [0.2, 0.25) is 0 Å². The summed E-state index contributed by atoms with van der Waals surface area (Å²) in [6.07, 6.45) is 8.35. The monoisotopic (exact) mass is 274 g/mol. The van der Waals surface area contributed by atoms with Crippen LogP contribution in [0.5, 0.6) is 0 Å². The van der Waals surface area contributed by atoms with Crippen molar-refractivity contribution in [1.29, 1.82) is 0 Å². The van der Waals surface area contributed by atoms with Gasteiger partial charge in [-0.05, 0) is 18.3 Å². The summed E-state index contributed by atoms with van der Waals surface area (Å²) in [5.74, 6) is -2.57. The fourth-order valence-corrected chi connectivity index (χ4v) is 4.91. The van der Waals surface area contributed by atoms with E-state index in [9.17, 15) is 14.4 Å². The topological polar surface area (TPSA) is 69.7 Å². The Bertz CT molecular complexity index is 589. The number of ether oxygens (including phenoxy) is 2. The molecule has 3 aliphatic carbocycles. The van der Waals surface area contributed by atoms with E-state index in [4.69, 9.17) is 9.47 Å². The lowest BCUT2D eigenvalue weighted by molar-refractivity contribution is -0.165. The Morgan fingerprint density at radius 3 is 2.80 bits per heavy atom. The maximum atomic E-state index is 12.4. The SMILES string of the molecule is COC(=O)[C@@]12C[C@@H]([C@@H]3C=CC=C[C@@H]31)[C@@H]1C(=O)OC(=O)[C@H]12. The van der Waals surface area contributed by atoms with Crippen LogP contribution in [0, 0.1) is 35.0 Å². The normalized spacial score (nSPS) is 47.1. The second kappa shape index (κ2) is 3.59. The van der Waals surface area contributed by atoms with Crippen LogP contribution in [0.4, 0.5) is 0 Å². The molecule has 0 aromatic carbocycles. The lowest BCUT2D eigenvalue weighted by atomic mass is 9.60. The molecular weight excluding hydrogens is 260 g/mol. The third-order valence-electron chi connectivity index (χ3n) is 5.51. The van der Waals surface area contributed by atoms with Crippen LogP contribution in [0.25, 0.3) is 0 Å². The highest BCUT2D eigenvalue weighted by atomic mass is 16.6.